The summed E-state index contributed by atoms with van der Waals surface area (Å²) in [4.78, 5) is 58.3. The fraction of sp³-hybridized carbons (Fsp3) is 0.562. The lowest BCUT2D eigenvalue weighted by Crippen LogP contribution is -2.43. The van der Waals surface area contributed by atoms with Crippen LogP contribution in [0.1, 0.15) is 32.6 Å². The minimum atomic E-state index is -0.591. The number of carbonyl (C=O) groups excluding carboxylic acids is 5. The second-order valence-electron chi connectivity index (χ2n) is 5.62. The predicted octanol–water partition coefficient (Wildman–Crippen LogP) is -1.16. The Kier molecular flexibility index (Phi) is 8.31. The van der Waals surface area contributed by atoms with Crippen molar-refractivity contribution in [3.8, 4) is 0 Å². The van der Waals surface area contributed by atoms with E-state index in [0.29, 0.717) is 12.8 Å². The van der Waals surface area contributed by atoms with Crippen LogP contribution in [0.2, 0.25) is 0 Å². The van der Waals surface area contributed by atoms with Crippen LogP contribution in [0.5, 0.6) is 0 Å². The van der Waals surface area contributed by atoms with Crippen LogP contribution in [-0.4, -0.2) is 60.6 Å². The minimum absolute atomic E-state index is 0.135. The largest absolute Gasteiger partial charge is 0.357 e. The monoisotopic (exact) mass is 352 g/mol. The molecule has 0 aromatic heterocycles. The van der Waals surface area contributed by atoms with Crippen LogP contribution in [-0.2, 0) is 24.0 Å². The highest BCUT2D eigenvalue weighted by Crippen LogP contribution is 2.03. The van der Waals surface area contributed by atoms with Crippen molar-refractivity contribution < 1.29 is 24.0 Å². The fourth-order valence-electron chi connectivity index (χ4n) is 2.21. The van der Waals surface area contributed by atoms with Gasteiger partial charge in [0, 0.05) is 45.1 Å². The Labute approximate surface area is 146 Å². The van der Waals surface area contributed by atoms with E-state index in [1.165, 1.54) is 19.2 Å². The van der Waals surface area contributed by atoms with E-state index in [9.17, 15) is 24.0 Å². The number of imide groups is 1. The molecule has 25 heavy (non-hydrogen) atoms. The molecule has 0 spiro atoms. The zero-order chi connectivity index (χ0) is 18.8. The number of nitrogens with zero attached hydrogens (tertiary/aromatic N) is 1. The summed E-state index contributed by atoms with van der Waals surface area (Å²) in [6.45, 7) is 1.92. The number of carbonyl (C=O) groups is 5. The molecule has 0 aromatic rings. The summed E-state index contributed by atoms with van der Waals surface area (Å²) in [6, 6.07) is -0.591. The lowest BCUT2D eigenvalue weighted by molar-refractivity contribution is -0.137. The third-order valence-electron chi connectivity index (χ3n) is 3.63. The van der Waals surface area contributed by atoms with Crippen LogP contribution in [0.4, 0.5) is 0 Å². The van der Waals surface area contributed by atoms with Gasteiger partial charge in [0.2, 0.25) is 17.7 Å². The minimum Gasteiger partial charge on any atom is -0.357 e. The lowest BCUT2D eigenvalue weighted by atomic mass is 10.1. The summed E-state index contributed by atoms with van der Waals surface area (Å²) >= 11 is 0. The highest BCUT2D eigenvalue weighted by atomic mass is 16.2. The highest BCUT2D eigenvalue weighted by Gasteiger charge is 2.22. The molecule has 0 saturated carbocycles. The first-order chi connectivity index (χ1) is 11.8. The van der Waals surface area contributed by atoms with E-state index in [1.54, 1.807) is 6.92 Å². The van der Waals surface area contributed by atoms with Gasteiger partial charge in [-0.05, 0) is 19.8 Å². The van der Waals surface area contributed by atoms with Gasteiger partial charge in [0.15, 0.2) is 0 Å². The van der Waals surface area contributed by atoms with Gasteiger partial charge >= 0.3 is 0 Å². The van der Waals surface area contributed by atoms with E-state index < -0.39 is 6.04 Å². The molecule has 5 amide bonds. The van der Waals surface area contributed by atoms with Crippen LogP contribution in [0.15, 0.2) is 12.2 Å². The molecule has 3 N–H and O–H groups in total. The van der Waals surface area contributed by atoms with Crippen molar-refractivity contribution in [3.63, 3.8) is 0 Å². The maximum Gasteiger partial charge on any atom is 0.253 e. The van der Waals surface area contributed by atoms with E-state index >= 15 is 0 Å². The van der Waals surface area contributed by atoms with Gasteiger partial charge in [0.25, 0.3) is 11.8 Å². The summed E-state index contributed by atoms with van der Waals surface area (Å²) in [5.41, 5.74) is 0. The third kappa shape index (κ3) is 7.15. The number of likely N-dealkylation sites (N-methyl/N-ethyl adjacent to an activating group) is 1. The predicted molar refractivity (Wildman–Crippen MR) is 89.0 cm³/mol. The van der Waals surface area contributed by atoms with Gasteiger partial charge in [-0.2, -0.15) is 0 Å². The van der Waals surface area contributed by atoms with Gasteiger partial charge in [-0.15, -0.1) is 0 Å². The van der Waals surface area contributed by atoms with Crippen LogP contribution < -0.4 is 16.0 Å². The molecule has 0 aliphatic carbocycles. The number of rotatable bonds is 10. The molecule has 1 rings (SSSR count). The average Bonchev–Trinajstić information content (AvgIpc) is 2.89. The Morgan fingerprint density at radius 1 is 1.04 bits per heavy atom. The van der Waals surface area contributed by atoms with E-state index in [4.69, 9.17) is 0 Å². The van der Waals surface area contributed by atoms with Crippen molar-refractivity contribution in [2.75, 3.05) is 20.1 Å². The summed E-state index contributed by atoms with van der Waals surface area (Å²) < 4.78 is 0. The Morgan fingerprint density at radius 2 is 1.60 bits per heavy atom. The molecule has 138 valence electrons. The van der Waals surface area contributed by atoms with Gasteiger partial charge < -0.3 is 16.0 Å². The molecule has 1 heterocycles. The number of hydrogen-bond donors (Lipinski definition) is 3. The van der Waals surface area contributed by atoms with E-state index in [1.807, 2.05) is 0 Å². The SMILES string of the molecule is CNC(=O)[C@H](C)NC(=O)CCCCC(=O)NCCN1C(=O)C=CC1=O. The first-order valence-electron chi connectivity index (χ1n) is 8.16. The van der Waals surface area contributed by atoms with Crippen molar-refractivity contribution in [2.45, 2.75) is 38.6 Å². The molecule has 0 radical (unpaired) electrons. The van der Waals surface area contributed by atoms with Gasteiger partial charge in [0.1, 0.15) is 6.04 Å². The molecule has 9 heteroatoms. The molecule has 0 fully saturated rings. The van der Waals surface area contributed by atoms with E-state index in [0.717, 1.165) is 4.90 Å². The molecule has 0 saturated heterocycles. The van der Waals surface area contributed by atoms with Crippen molar-refractivity contribution in [2.24, 2.45) is 0 Å². The Bertz CT molecular complexity index is 555. The van der Waals surface area contributed by atoms with Gasteiger partial charge in [-0.25, -0.2) is 0 Å². The van der Waals surface area contributed by atoms with Crippen LogP contribution in [0.3, 0.4) is 0 Å². The Balaban J connectivity index is 2.09. The van der Waals surface area contributed by atoms with Crippen molar-refractivity contribution in [1.29, 1.82) is 0 Å². The lowest BCUT2D eigenvalue weighted by Gasteiger charge is -2.14. The van der Waals surface area contributed by atoms with Crippen molar-refractivity contribution in [1.82, 2.24) is 20.9 Å². The smallest absolute Gasteiger partial charge is 0.253 e. The summed E-state index contributed by atoms with van der Waals surface area (Å²) in [5.74, 6) is -1.47. The number of unbranched alkanes of at least 4 members (excludes halogenated alkanes) is 1. The third-order valence-corrected chi connectivity index (χ3v) is 3.63. The quantitative estimate of drug-likeness (QED) is 0.338. The zero-order valence-electron chi connectivity index (χ0n) is 14.5. The molecule has 0 aromatic carbocycles. The molecule has 0 bridgehead atoms. The summed E-state index contributed by atoms with van der Waals surface area (Å²) in [7, 11) is 1.50. The summed E-state index contributed by atoms with van der Waals surface area (Å²) in [5, 5.41) is 7.63. The normalized spacial score (nSPS) is 14.4. The highest BCUT2D eigenvalue weighted by molar-refractivity contribution is 6.12. The maximum atomic E-state index is 11.7. The average molecular weight is 352 g/mol. The van der Waals surface area contributed by atoms with Crippen LogP contribution in [0.25, 0.3) is 0 Å². The van der Waals surface area contributed by atoms with E-state index in [-0.39, 0.29) is 55.5 Å². The van der Waals surface area contributed by atoms with E-state index in [2.05, 4.69) is 16.0 Å². The first-order valence-corrected chi connectivity index (χ1v) is 8.16. The van der Waals surface area contributed by atoms with Gasteiger partial charge in [0.05, 0.1) is 0 Å². The van der Waals surface area contributed by atoms with Crippen LogP contribution >= 0.6 is 0 Å². The van der Waals surface area contributed by atoms with Crippen molar-refractivity contribution >= 4 is 29.5 Å². The molecule has 1 aliphatic heterocycles. The Morgan fingerprint density at radius 3 is 2.16 bits per heavy atom. The zero-order valence-corrected chi connectivity index (χ0v) is 14.5. The first kappa shape index (κ1) is 20.3. The molecule has 1 atom stereocenters. The molecular weight excluding hydrogens is 328 g/mol. The topological polar surface area (TPSA) is 125 Å². The number of amides is 5. The molecule has 9 nitrogen and oxygen atoms in total. The number of nitrogens with one attached hydrogen (secondary N) is 3. The van der Waals surface area contributed by atoms with Gasteiger partial charge in [-0.1, -0.05) is 0 Å². The number of hydrogen-bond acceptors (Lipinski definition) is 5. The standard InChI is InChI=1S/C16H24N4O5/c1-11(16(25)17-2)19-13(22)6-4-3-5-12(21)18-9-10-20-14(23)7-8-15(20)24/h7-8,11H,3-6,9-10H2,1-2H3,(H,17,25)(H,18,21)(H,19,22)/t11-/m0/s1. The fourth-order valence-corrected chi connectivity index (χ4v) is 2.21. The summed E-state index contributed by atoms with van der Waals surface area (Å²) in [6.07, 6.45) is 3.92. The van der Waals surface area contributed by atoms with Crippen molar-refractivity contribution in [3.05, 3.63) is 12.2 Å². The van der Waals surface area contributed by atoms with Crippen LogP contribution in [0, 0.1) is 0 Å². The second kappa shape index (κ2) is 10.2. The second-order valence-corrected chi connectivity index (χ2v) is 5.62. The van der Waals surface area contributed by atoms with Gasteiger partial charge in [-0.3, -0.25) is 28.9 Å². The molecular formula is C16H24N4O5. The maximum absolute atomic E-state index is 11.7. The molecule has 0 unspecified atom stereocenters. The Hall–Kier alpha value is -2.71. The molecule has 1 aliphatic rings.